The molecule has 4 heteroatoms. The molecule has 1 atom stereocenters. The predicted molar refractivity (Wildman–Crippen MR) is 101 cm³/mol. The maximum atomic E-state index is 12.5. The highest BCUT2D eigenvalue weighted by Crippen LogP contribution is 2.28. The first-order chi connectivity index (χ1) is 11.9. The third-order valence-corrected chi connectivity index (χ3v) is 3.97. The second kappa shape index (κ2) is 8.67. The van der Waals surface area contributed by atoms with E-state index in [1.165, 1.54) is 0 Å². The van der Waals surface area contributed by atoms with Crippen LogP contribution in [0.4, 0.5) is 5.69 Å². The molecule has 25 heavy (non-hydrogen) atoms. The second-order valence-corrected chi connectivity index (χ2v) is 6.58. The molecule has 2 aromatic rings. The van der Waals surface area contributed by atoms with E-state index in [2.05, 4.69) is 31.3 Å². The lowest BCUT2D eigenvalue weighted by molar-refractivity contribution is -0.122. The fraction of sp³-hybridized carbons (Fsp3) is 0.381. The highest BCUT2D eigenvalue weighted by atomic mass is 16.5. The highest BCUT2D eigenvalue weighted by Gasteiger charge is 2.18. The Balaban J connectivity index is 2.08. The van der Waals surface area contributed by atoms with Gasteiger partial charge in [0.05, 0.1) is 6.61 Å². The Morgan fingerprint density at radius 1 is 1.12 bits per heavy atom. The molecule has 0 fully saturated rings. The lowest BCUT2D eigenvalue weighted by atomic mass is 10.0. The van der Waals surface area contributed by atoms with E-state index in [0.29, 0.717) is 12.5 Å². The Morgan fingerprint density at radius 3 is 2.56 bits per heavy atom. The molecule has 2 aromatic carbocycles. The van der Waals surface area contributed by atoms with Crippen molar-refractivity contribution in [3.63, 3.8) is 0 Å². The van der Waals surface area contributed by atoms with Gasteiger partial charge in [-0.3, -0.25) is 4.79 Å². The van der Waals surface area contributed by atoms with Gasteiger partial charge in [-0.2, -0.15) is 0 Å². The number of nitrogens with one attached hydrogen (secondary N) is 1. The van der Waals surface area contributed by atoms with Gasteiger partial charge in [-0.1, -0.05) is 38.1 Å². The van der Waals surface area contributed by atoms with Gasteiger partial charge >= 0.3 is 0 Å². The number of rotatable bonds is 7. The number of hydrogen-bond acceptors (Lipinski definition) is 3. The molecule has 0 saturated carbocycles. The lowest BCUT2D eigenvalue weighted by Crippen LogP contribution is -2.30. The van der Waals surface area contributed by atoms with E-state index in [4.69, 9.17) is 9.47 Å². The second-order valence-electron chi connectivity index (χ2n) is 6.58. The normalized spacial score (nSPS) is 12.1. The number of carbonyl (C=O) groups excluding carboxylic acids is 1. The smallest absolute Gasteiger partial charge is 0.265 e. The minimum Gasteiger partial charge on any atom is -0.481 e. The number of amides is 1. The number of hydrogen-bond donors (Lipinski definition) is 1. The molecule has 0 aliphatic carbocycles. The van der Waals surface area contributed by atoms with Crippen molar-refractivity contribution in [1.82, 2.24) is 0 Å². The van der Waals surface area contributed by atoms with Crippen molar-refractivity contribution in [3.05, 3.63) is 59.2 Å². The van der Waals surface area contributed by atoms with Crippen molar-refractivity contribution in [2.45, 2.75) is 46.3 Å². The molecule has 2 rings (SSSR count). The molecule has 0 heterocycles. The number of ether oxygens (including phenoxy) is 2. The van der Waals surface area contributed by atoms with Gasteiger partial charge in [0.2, 0.25) is 0 Å². The Morgan fingerprint density at radius 2 is 1.88 bits per heavy atom. The minimum atomic E-state index is -0.592. The van der Waals surface area contributed by atoms with E-state index in [0.717, 1.165) is 28.1 Å². The van der Waals surface area contributed by atoms with E-state index in [9.17, 15) is 4.79 Å². The SMILES string of the molecule is COCc1cccc(NC(=O)[C@@H](C)Oc2cc(C)ccc2C(C)C)c1. The van der Waals surface area contributed by atoms with E-state index < -0.39 is 6.10 Å². The van der Waals surface area contributed by atoms with Crippen LogP contribution in [0.15, 0.2) is 42.5 Å². The summed E-state index contributed by atoms with van der Waals surface area (Å²) in [5.41, 5.74) is 3.96. The van der Waals surface area contributed by atoms with Gasteiger partial charge in [0.1, 0.15) is 5.75 Å². The minimum absolute atomic E-state index is 0.175. The zero-order valence-corrected chi connectivity index (χ0v) is 15.6. The van der Waals surface area contributed by atoms with Crippen LogP contribution >= 0.6 is 0 Å². The van der Waals surface area contributed by atoms with Gasteiger partial charge in [-0.25, -0.2) is 0 Å². The molecule has 0 saturated heterocycles. The van der Waals surface area contributed by atoms with Crippen LogP contribution < -0.4 is 10.1 Å². The number of anilines is 1. The Hall–Kier alpha value is -2.33. The molecule has 0 aliphatic rings. The molecule has 4 nitrogen and oxygen atoms in total. The van der Waals surface area contributed by atoms with E-state index in [-0.39, 0.29) is 5.91 Å². The number of benzene rings is 2. The third-order valence-electron chi connectivity index (χ3n) is 3.97. The van der Waals surface area contributed by atoms with E-state index in [1.807, 2.05) is 37.3 Å². The van der Waals surface area contributed by atoms with Crippen LogP contribution in [-0.2, 0) is 16.1 Å². The van der Waals surface area contributed by atoms with Crippen LogP contribution in [0.25, 0.3) is 0 Å². The van der Waals surface area contributed by atoms with E-state index in [1.54, 1.807) is 14.0 Å². The summed E-state index contributed by atoms with van der Waals surface area (Å²) < 4.78 is 11.1. The number of carbonyl (C=O) groups is 1. The zero-order chi connectivity index (χ0) is 18.4. The summed E-state index contributed by atoms with van der Waals surface area (Å²) >= 11 is 0. The largest absolute Gasteiger partial charge is 0.481 e. The van der Waals surface area contributed by atoms with Gasteiger partial charge in [0, 0.05) is 12.8 Å². The Labute approximate surface area is 150 Å². The lowest BCUT2D eigenvalue weighted by Gasteiger charge is -2.19. The van der Waals surface area contributed by atoms with Crippen LogP contribution in [0.2, 0.25) is 0 Å². The molecular formula is C21H27NO3. The summed E-state index contributed by atoms with van der Waals surface area (Å²) in [5, 5.41) is 2.90. The van der Waals surface area contributed by atoms with Gasteiger partial charge in [-0.05, 0) is 54.7 Å². The summed E-state index contributed by atoms with van der Waals surface area (Å²) in [6.45, 7) is 8.52. The molecule has 1 N–H and O–H groups in total. The van der Waals surface area contributed by atoms with Gasteiger partial charge < -0.3 is 14.8 Å². The van der Waals surface area contributed by atoms with Crippen molar-refractivity contribution in [2.24, 2.45) is 0 Å². The monoisotopic (exact) mass is 341 g/mol. The average Bonchev–Trinajstić information content (AvgIpc) is 2.55. The Bertz CT molecular complexity index is 725. The standard InChI is InChI=1S/C21H27NO3/c1-14(2)19-10-9-15(3)11-20(19)25-16(4)21(23)22-18-8-6-7-17(12-18)13-24-5/h6-12,14,16H,13H2,1-5H3,(H,22,23)/t16-/m1/s1. The van der Waals surface area contributed by atoms with Crippen molar-refractivity contribution in [3.8, 4) is 5.75 Å². The quantitative estimate of drug-likeness (QED) is 0.796. The summed E-state index contributed by atoms with van der Waals surface area (Å²) in [5.74, 6) is 0.924. The third kappa shape index (κ3) is 5.33. The zero-order valence-electron chi connectivity index (χ0n) is 15.6. The summed E-state index contributed by atoms with van der Waals surface area (Å²) in [4.78, 5) is 12.5. The summed E-state index contributed by atoms with van der Waals surface area (Å²) in [7, 11) is 1.65. The summed E-state index contributed by atoms with van der Waals surface area (Å²) in [6.07, 6.45) is -0.592. The van der Waals surface area contributed by atoms with Crippen molar-refractivity contribution in [2.75, 3.05) is 12.4 Å². The van der Waals surface area contributed by atoms with Gasteiger partial charge in [0.25, 0.3) is 5.91 Å². The molecule has 0 aliphatic heterocycles. The first-order valence-electron chi connectivity index (χ1n) is 8.56. The molecule has 0 bridgehead atoms. The molecule has 0 radical (unpaired) electrons. The van der Waals surface area contributed by atoms with Crippen molar-refractivity contribution in [1.29, 1.82) is 0 Å². The maximum Gasteiger partial charge on any atom is 0.265 e. The van der Waals surface area contributed by atoms with Gasteiger partial charge in [-0.15, -0.1) is 0 Å². The molecule has 1 amide bonds. The van der Waals surface area contributed by atoms with Crippen LogP contribution in [0.3, 0.4) is 0 Å². The van der Waals surface area contributed by atoms with E-state index >= 15 is 0 Å². The van der Waals surface area contributed by atoms with Crippen molar-refractivity contribution >= 4 is 11.6 Å². The molecule has 0 aromatic heterocycles. The van der Waals surface area contributed by atoms with Crippen LogP contribution in [0.1, 0.15) is 43.4 Å². The fourth-order valence-corrected chi connectivity index (χ4v) is 2.61. The fourth-order valence-electron chi connectivity index (χ4n) is 2.61. The topological polar surface area (TPSA) is 47.6 Å². The number of methoxy groups -OCH3 is 1. The van der Waals surface area contributed by atoms with Gasteiger partial charge in [0.15, 0.2) is 6.10 Å². The molecular weight excluding hydrogens is 314 g/mol. The van der Waals surface area contributed by atoms with Crippen LogP contribution in [0, 0.1) is 6.92 Å². The summed E-state index contributed by atoms with van der Waals surface area (Å²) in [6, 6.07) is 13.7. The maximum absolute atomic E-state index is 12.5. The van der Waals surface area contributed by atoms with Crippen LogP contribution in [0.5, 0.6) is 5.75 Å². The first kappa shape index (κ1) is 19.0. The molecule has 0 spiro atoms. The molecule has 134 valence electrons. The predicted octanol–water partition coefficient (Wildman–Crippen LogP) is 4.67. The van der Waals surface area contributed by atoms with Crippen LogP contribution in [-0.4, -0.2) is 19.1 Å². The number of aryl methyl sites for hydroxylation is 1. The highest BCUT2D eigenvalue weighted by molar-refractivity contribution is 5.94. The molecule has 0 unspecified atom stereocenters. The first-order valence-corrected chi connectivity index (χ1v) is 8.56. The van der Waals surface area contributed by atoms with Crippen molar-refractivity contribution < 1.29 is 14.3 Å². The average molecular weight is 341 g/mol. The Kier molecular flexibility index (Phi) is 6.59.